The number of ketones is 1. The molecule has 0 aliphatic heterocycles. The average molecular weight is 493 g/mol. The van der Waals surface area contributed by atoms with E-state index in [0.29, 0.717) is 39.0 Å². The van der Waals surface area contributed by atoms with Crippen LogP contribution in [0.4, 0.5) is 0 Å². The molecule has 7 nitrogen and oxygen atoms in total. The number of carbonyl (C=O) groups is 1. The number of benzene rings is 2. The lowest BCUT2D eigenvalue weighted by molar-refractivity contribution is 0.0994. The van der Waals surface area contributed by atoms with Crippen LogP contribution >= 0.6 is 23.2 Å². The molecule has 0 radical (unpaired) electrons. The van der Waals surface area contributed by atoms with Crippen LogP contribution in [0.1, 0.15) is 27.5 Å². The Morgan fingerprint density at radius 3 is 2.71 bits per heavy atom. The zero-order chi connectivity index (χ0) is 23.8. The summed E-state index contributed by atoms with van der Waals surface area (Å²) >= 11 is 12.5. The number of methoxy groups -OCH3 is 1. The highest BCUT2D eigenvalue weighted by atomic mass is 35.5. The molecule has 9 heteroatoms. The molecular weight excluding hydrogens is 475 g/mol. The van der Waals surface area contributed by atoms with Crippen molar-refractivity contribution in [2.45, 2.75) is 13.5 Å². The first-order valence-electron chi connectivity index (χ1n) is 10.4. The van der Waals surface area contributed by atoms with E-state index in [2.05, 4.69) is 15.1 Å². The number of aromatic nitrogens is 4. The summed E-state index contributed by atoms with van der Waals surface area (Å²) in [6, 6.07) is 16.3. The topological polar surface area (TPSA) is 83.0 Å². The molecule has 0 saturated carbocycles. The first kappa shape index (κ1) is 22.1. The third kappa shape index (κ3) is 3.93. The quantitative estimate of drug-likeness (QED) is 0.270. The first-order chi connectivity index (χ1) is 16.5. The van der Waals surface area contributed by atoms with Crippen molar-refractivity contribution in [3.63, 3.8) is 0 Å². The van der Waals surface area contributed by atoms with E-state index in [0.717, 1.165) is 16.8 Å². The third-order valence-corrected chi connectivity index (χ3v) is 6.20. The van der Waals surface area contributed by atoms with E-state index < -0.39 is 0 Å². The summed E-state index contributed by atoms with van der Waals surface area (Å²) in [6.07, 6.45) is 1.62. The van der Waals surface area contributed by atoms with Crippen molar-refractivity contribution >= 4 is 39.9 Å². The molecule has 3 aromatic heterocycles. The minimum Gasteiger partial charge on any atom is -0.497 e. The van der Waals surface area contributed by atoms with Crippen LogP contribution in [0.2, 0.25) is 10.0 Å². The van der Waals surface area contributed by atoms with Gasteiger partial charge in [0.05, 0.1) is 12.7 Å². The lowest BCUT2D eigenvalue weighted by Crippen LogP contribution is -2.07. The Kier molecular flexibility index (Phi) is 5.81. The zero-order valence-electron chi connectivity index (χ0n) is 18.3. The second-order valence-electron chi connectivity index (χ2n) is 7.63. The molecule has 0 fully saturated rings. The van der Waals surface area contributed by atoms with Crippen molar-refractivity contribution in [1.29, 1.82) is 0 Å². The van der Waals surface area contributed by atoms with Gasteiger partial charge in [-0.25, -0.2) is 0 Å². The molecule has 0 unspecified atom stereocenters. The number of nitrogens with zero attached hydrogens (tertiary/aromatic N) is 4. The van der Waals surface area contributed by atoms with Crippen molar-refractivity contribution in [3.05, 3.63) is 93.6 Å². The van der Waals surface area contributed by atoms with Crippen molar-refractivity contribution in [2.75, 3.05) is 7.11 Å². The summed E-state index contributed by atoms with van der Waals surface area (Å²) in [7, 11) is 1.58. The minimum absolute atomic E-state index is 0.116. The minimum atomic E-state index is -0.383. The highest BCUT2D eigenvalue weighted by molar-refractivity contribution is 6.35. The van der Waals surface area contributed by atoms with E-state index >= 15 is 0 Å². The standard InChI is InChI=1S/C25H18Cl2N4O3/c1-14-22(23(32)25-29-24(30-34-25)20-5-3-4-10-28-20)18-12-17(33-2)8-9-21(18)31(14)13-15-6-7-16(26)11-19(15)27/h3-12H,13H2,1-2H3. The van der Waals surface area contributed by atoms with Crippen LogP contribution in [-0.2, 0) is 6.54 Å². The lowest BCUT2D eigenvalue weighted by Gasteiger charge is -2.11. The van der Waals surface area contributed by atoms with Crippen LogP contribution in [0, 0.1) is 6.92 Å². The van der Waals surface area contributed by atoms with Crippen LogP contribution in [0.3, 0.4) is 0 Å². The number of rotatable bonds is 6. The molecule has 5 aromatic rings. The van der Waals surface area contributed by atoms with Gasteiger partial charge in [0.1, 0.15) is 11.4 Å². The van der Waals surface area contributed by atoms with Gasteiger partial charge in [0.15, 0.2) is 0 Å². The van der Waals surface area contributed by atoms with Crippen LogP contribution < -0.4 is 4.74 Å². The second kappa shape index (κ2) is 8.93. The Bertz CT molecular complexity index is 1530. The van der Waals surface area contributed by atoms with E-state index in [1.165, 1.54) is 0 Å². The van der Waals surface area contributed by atoms with Gasteiger partial charge in [-0.3, -0.25) is 9.78 Å². The number of pyridine rings is 1. The van der Waals surface area contributed by atoms with Crippen molar-refractivity contribution < 1.29 is 14.1 Å². The summed E-state index contributed by atoms with van der Waals surface area (Å²) in [5.74, 6) is 0.375. The van der Waals surface area contributed by atoms with Gasteiger partial charge in [-0.2, -0.15) is 4.98 Å². The average Bonchev–Trinajstić information content (AvgIpc) is 3.44. The van der Waals surface area contributed by atoms with Gasteiger partial charge in [-0.1, -0.05) is 40.5 Å². The summed E-state index contributed by atoms with van der Waals surface area (Å²) in [5.41, 5.74) is 3.42. The first-order valence-corrected chi connectivity index (χ1v) is 11.1. The van der Waals surface area contributed by atoms with Gasteiger partial charge in [-0.05, 0) is 55.0 Å². The molecule has 0 saturated heterocycles. The van der Waals surface area contributed by atoms with Gasteiger partial charge in [0, 0.05) is 39.4 Å². The predicted octanol–water partition coefficient (Wildman–Crippen LogP) is 5.99. The number of hydrogen-bond donors (Lipinski definition) is 0. The molecule has 0 bridgehead atoms. The number of hydrogen-bond acceptors (Lipinski definition) is 6. The van der Waals surface area contributed by atoms with Gasteiger partial charge in [0.2, 0.25) is 5.82 Å². The van der Waals surface area contributed by atoms with Crippen LogP contribution in [-0.4, -0.2) is 32.6 Å². The fourth-order valence-corrected chi connectivity index (χ4v) is 4.39. The number of ether oxygens (including phenoxy) is 1. The van der Waals surface area contributed by atoms with Crippen LogP contribution in [0.25, 0.3) is 22.4 Å². The fraction of sp³-hybridized carbons (Fsp3) is 0.120. The Labute approximate surface area is 204 Å². The Balaban J connectivity index is 1.62. The molecule has 0 spiro atoms. The highest BCUT2D eigenvalue weighted by Gasteiger charge is 2.26. The van der Waals surface area contributed by atoms with E-state index in [-0.39, 0.29) is 17.5 Å². The van der Waals surface area contributed by atoms with Gasteiger partial charge < -0.3 is 13.8 Å². The fourth-order valence-electron chi connectivity index (χ4n) is 3.92. The molecule has 5 rings (SSSR count). The summed E-state index contributed by atoms with van der Waals surface area (Å²) in [6.45, 7) is 2.32. The summed E-state index contributed by atoms with van der Waals surface area (Å²) in [4.78, 5) is 22.1. The Morgan fingerprint density at radius 2 is 1.97 bits per heavy atom. The summed E-state index contributed by atoms with van der Waals surface area (Å²) < 4.78 is 12.8. The molecule has 3 heterocycles. The van der Waals surface area contributed by atoms with Gasteiger partial charge >= 0.3 is 0 Å². The molecule has 170 valence electrons. The monoisotopic (exact) mass is 492 g/mol. The number of carbonyl (C=O) groups excluding carboxylic acids is 1. The van der Waals surface area contributed by atoms with Crippen LogP contribution in [0.15, 0.2) is 65.3 Å². The van der Waals surface area contributed by atoms with Crippen molar-refractivity contribution in [1.82, 2.24) is 19.7 Å². The van der Waals surface area contributed by atoms with Crippen molar-refractivity contribution in [2.24, 2.45) is 0 Å². The van der Waals surface area contributed by atoms with Gasteiger partial charge in [0.25, 0.3) is 11.7 Å². The summed E-state index contributed by atoms with van der Waals surface area (Å²) in [5, 5.41) is 5.76. The molecule has 34 heavy (non-hydrogen) atoms. The molecule has 0 aliphatic carbocycles. The maximum Gasteiger partial charge on any atom is 0.299 e. The largest absolute Gasteiger partial charge is 0.497 e. The Morgan fingerprint density at radius 1 is 1.12 bits per heavy atom. The molecule has 0 amide bonds. The number of fused-ring (bicyclic) bond motifs is 1. The van der Waals surface area contributed by atoms with E-state index in [1.807, 2.05) is 41.8 Å². The van der Waals surface area contributed by atoms with Crippen molar-refractivity contribution in [3.8, 4) is 17.3 Å². The smallest absolute Gasteiger partial charge is 0.299 e. The maximum atomic E-state index is 13.6. The SMILES string of the molecule is COc1ccc2c(c1)c(C(=O)c1nc(-c3ccccn3)no1)c(C)n2Cc1ccc(Cl)cc1Cl. The lowest BCUT2D eigenvalue weighted by atomic mass is 10.1. The molecule has 0 atom stereocenters. The molecular formula is C25H18Cl2N4O3. The van der Waals surface area contributed by atoms with E-state index in [4.69, 9.17) is 32.5 Å². The molecule has 0 aliphatic rings. The van der Waals surface area contributed by atoms with Gasteiger partial charge in [-0.15, -0.1) is 0 Å². The van der Waals surface area contributed by atoms with Crippen LogP contribution in [0.5, 0.6) is 5.75 Å². The third-order valence-electron chi connectivity index (χ3n) is 5.62. The molecule has 2 aromatic carbocycles. The maximum absolute atomic E-state index is 13.6. The predicted molar refractivity (Wildman–Crippen MR) is 130 cm³/mol. The second-order valence-corrected chi connectivity index (χ2v) is 8.48. The van der Waals surface area contributed by atoms with E-state index in [9.17, 15) is 4.79 Å². The number of halogens is 2. The molecule has 0 N–H and O–H groups in total. The Hall–Kier alpha value is -3.68. The zero-order valence-corrected chi connectivity index (χ0v) is 19.8. The highest BCUT2D eigenvalue weighted by Crippen LogP contribution is 2.33. The van der Waals surface area contributed by atoms with E-state index in [1.54, 1.807) is 37.6 Å². The normalized spacial score (nSPS) is 11.2.